The van der Waals surface area contributed by atoms with Gasteiger partial charge < -0.3 is 25.6 Å². The molecule has 4 amide bonds. The van der Waals surface area contributed by atoms with Crippen molar-refractivity contribution in [3.63, 3.8) is 0 Å². The van der Waals surface area contributed by atoms with Gasteiger partial charge in [-0.25, -0.2) is 4.68 Å². The first-order valence-corrected chi connectivity index (χ1v) is 12.9. The van der Waals surface area contributed by atoms with E-state index in [0.717, 1.165) is 5.56 Å². The summed E-state index contributed by atoms with van der Waals surface area (Å²) in [5, 5.41) is 16.9. The van der Waals surface area contributed by atoms with Crippen molar-refractivity contribution in [3.8, 4) is 0 Å². The Labute approximate surface area is 221 Å². The smallest absolute Gasteiger partial charge is 0.243 e. The number of benzene rings is 1. The lowest BCUT2D eigenvalue weighted by atomic mass is 10.00. The molecule has 1 aromatic heterocycles. The fourth-order valence-electron chi connectivity index (χ4n) is 4.84. The Hall–Kier alpha value is -3.80. The first kappa shape index (κ1) is 27.2. The first-order valence-electron chi connectivity index (χ1n) is 12.9. The molecule has 12 nitrogen and oxygen atoms in total. The number of aromatic nitrogens is 3. The Balaban J connectivity index is 1.64. The van der Waals surface area contributed by atoms with E-state index < -0.39 is 29.9 Å². The zero-order valence-corrected chi connectivity index (χ0v) is 21.9. The van der Waals surface area contributed by atoms with Crippen molar-refractivity contribution in [3.05, 3.63) is 47.8 Å². The van der Waals surface area contributed by atoms with E-state index in [4.69, 9.17) is 4.74 Å². The molecule has 4 rings (SSSR count). The van der Waals surface area contributed by atoms with Gasteiger partial charge in [-0.1, -0.05) is 49.4 Å². The maximum absolute atomic E-state index is 13.5. The van der Waals surface area contributed by atoms with Crippen molar-refractivity contribution in [2.45, 2.75) is 63.8 Å². The quantitative estimate of drug-likeness (QED) is 0.479. The standard InChI is InChI=1S/C26H35N7O5/c1-16(2)23-26(37)28-20(11-17-7-5-4-6-8-17)24(35)27-13-18-14-33(31-30-18)19-12-21(25(36)29-23)32(15-19)22(34)9-10-38-3/h4-8,14,16,19-21,23H,9-13,15H2,1-3H3,(H,27,35)(H,28,37)(H,29,36)/t19-,20+,21-,23-/m0/s1. The van der Waals surface area contributed by atoms with Crippen LogP contribution in [0.4, 0.5) is 0 Å². The summed E-state index contributed by atoms with van der Waals surface area (Å²) in [5.41, 5.74) is 1.41. The SMILES string of the molecule is COCCC(=O)N1C[C@@H]2C[C@H]1C(=O)N[C@@H](C(C)C)C(=O)N[C@H](Cc1ccccc1)C(=O)NCc1cn2nn1. The lowest BCUT2D eigenvalue weighted by molar-refractivity contribution is -0.140. The molecule has 4 bridgehead atoms. The molecule has 0 saturated carbocycles. The van der Waals surface area contributed by atoms with Gasteiger partial charge in [-0.15, -0.1) is 5.10 Å². The summed E-state index contributed by atoms with van der Waals surface area (Å²) in [5.74, 6) is -1.72. The van der Waals surface area contributed by atoms with Crippen LogP contribution in [0.5, 0.6) is 0 Å². The number of fused-ring (bicyclic) bond motifs is 5. The maximum atomic E-state index is 13.5. The number of amides is 4. The van der Waals surface area contributed by atoms with Crippen LogP contribution in [0.25, 0.3) is 0 Å². The number of nitrogens with one attached hydrogen (secondary N) is 3. The van der Waals surface area contributed by atoms with E-state index in [1.807, 2.05) is 44.2 Å². The third-order valence-corrected chi connectivity index (χ3v) is 6.96. The molecule has 4 atom stereocenters. The van der Waals surface area contributed by atoms with Crippen molar-refractivity contribution in [2.24, 2.45) is 5.92 Å². The topological polar surface area (TPSA) is 148 Å². The van der Waals surface area contributed by atoms with Crippen LogP contribution in [-0.4, -0.2) is 81.9 Å². The van der Waals surface area contributed by atoms with Crippen LogP contribution in [0.2, 0.25) is 0 Å². The van der Waals surface area contributed by atoms with E-state index in [1.54, 1.807) is 10.9 Å². The third kappa shape index (κ3) is 6.36. The van der Waals surface area contributed by atoms with Crippen molar-refractivity contribution >= 4 is 23.6 Å². The van der Waals surface area contributed by atoms with Gasteiger partial charge in [0.1, 0.15) is 23.8 Å². The normalized spacial score (nSPS) is 24.3. The molecule has 2 aromatic rings. The molecule has 0 aliphatic carbocycles. The number of methoxy groups -OCH3 is 1. The fraction of sp³-hybridized carbons (Fsp3) is 0.538. The summed E-state index contributed by atoms with van der Waals surface area (Å²) in [6, 6.07) is 6.55. The number of carbonyl (C=O) groups is 4. The molecule has 204 valence electrons. The Morgan fingerprint density at radius 1 is 1.11 bits per heavy atom. The number of nitrogens with zero attached hydrogens (tertiary/aromatic N) is 4. The molecule has 12 heteroatoms. The van der Waals surface area contributed by atoms with Crippen molar-refractivity contribution in [1.82, 2.24) is 35.8 Å². The van der Waals surface area contributed by atoms with Gasteiger partial charge in [-0.2, -0.15) is 0 Å². The van der Waals surface area contributed by atoms with E-state index in [1.165, 1.54) is 12.0 Å². The van der Waals surface area contributed by atoms with Crippen molar-refractivity contribution in [2.75, 3.05) is 20.3 Å². The maximum Gasteiger partial charge on any atom is 0.243 e. The van der Waals surface area contributed by atoms with E-state index in [9.17, 15) is 19.2 Å². The second-order valence-electron chi connectivity index (χ2n) is 10.1. The Kier molecular flexibility index (Phi) is 8.72. The van der Waals surface area contributed by atoms with Crippen LogP contribution >= 0.6 is 0 Å². The zero-order valence-electron chi connectivity index (χ0n) is 21.9. The van der Waals surface area contributed by atoms with Gasteiger partial charge in [0.2, 0.25) is 23.6 Å². The van der Waals surface area contributed by atoms with E-state index in [0.29, 0.717) is 12.1 Å². The van der Waals surface area contributed by atoms with Crippen molar-refractivity contribution in [1.29, 1.82) is 0 Å². The minimum absolute atomic E-state index is 0.122. The summed E-state index contributed by atoms with van der Waals surface area (Å²) in [4.78, 5) is 54.6. The second-order valence-corrected chi connectivity index (χ2v) is 10.1. The zero-order chi connectivity index (χ0) is 27.2. The second kappa shape index (κ2) is 12.2. The van der Waals surface area contributed by atoms with E-state index >= 15 is 0 Å². The highest BCUT2D eigenvalue weighted by Crippen LogP contribution is 2.28. The van der Waals surface area contributed by atoms with Gasteiger partial charge in [-0.05, 0) is 11.5 Å². The number of hydrogen-bond donors (Lipinski definition) is 3. The van der Waals surface area contributed by atoms with Crippen LogP contribution < -0.4 is 16.0 Å². The Morgan fingerprint density at radius 3 is 2.58 bits per heavy atom. The van der Waals surface area contributed by atoms with Crippen LogP contribution in [0.1, 0.15) is 44.0 Å². The van der Waals surface area contributed by atoms with Crippen molar-refractivity contribution < 1.29 is 23.9 Å². The lowest BCUT2D eigenvalue weighted by Crippen LogP contribution is -2.58. The minimum atomic E-state index is -0.897. The van der Waals surface area contributed by atoms with Gasteiger partial charge in [-0.3, -0.25) is 19.2 Å². The lowest BCUT2D eigenvalue weighted by Gasteiger charge is -2.29. The fourth-order valence-corrected chi connectivity index (χ4v) is 4.84. The predicted molar refractivity (Wildman–Crippen MR) is 136 cm³/mol. The molecule has 0 radical (unpaired) electrons. The van der Waals surface area contributed by atoms with Gasteiger partial charge in [0, 0.05) is 26.5 Å². The van der Waals surface area contributed by atoms with Crippen LogP contribution in [0, 0.1) is 5.92 Å². The minimum Gasteiger partial charge on any atom is -0.384 e. The number of carbonyl (C=O) groups excluding carboxylic acids is 4. The van der Waals surface area contributed by atoms with Crippen LogP contribution in [0.3, 0.4) is 0 Å². The molecule has 1 saturated heterocycles. The van der Waals surface area contributed by atoms with Gasteiger partial charge in [0.25, 0.3) is 0 Å². The average Bonchev–Trinajstić information content (AvgIpc) is 3.56. The number of likely N-dealkylation sites (tertiary alicyclic amines) is 1. The molecule has 3 N–H and O–H groups in total. The molecule has 1 fully saturated rings. The average molecular weight is 526 g/mol. The summed E-state index contributed by atoms with van der Waals surface area (Å²) in [6.07, 6.45) is 2.44. The molecule has 38 heavy (non-hydrogen) atoms. The monoisotopic (exact) mass is 525 g/mol. The third-order valence-electron chi connectivity index (χ3n) is 6.96. The molecule has 2 aliphatic rings. The summed E-state index contributed by atoms with van der Waals surface area (Å²) in [7, 11) is 1.51. The predicted octanol–water partition coefficient (Wildman–Crippen LogP) is -0.0453. The number of rotatable bonds is 6. The summed E-state index contributed by atoms with van der Waals surface area (Å²) in [6.45, 7) is 4.27. The van der Waals surface area contributed by atoms with E-state index in [-0.39, 0.29) is 56.3 Å². The molecule has 1 aromatic carbocycles. The summed E-state index contributed by atoms with van der Waals surface area (Å²) < 4.78 is 6.69. The molecular weight excluding hydrogens is 490 g/mol. The highest BCUT2D eigenvalue weighted by molar-refractivity contribution is 5.94. The number of hydrogen-bond acceptors (Lipinski definition) is 7. The first-order chi connectivity index (χ1) is 18.3. The molecular formula is C26H35N7O5. The van der Waals surface area contributed by atoms with E-state index in [2.05, 4.69) is 26.3 Å². The Morgan fingerprint density at radius 2 is 1.87 bits per heavy atom. The molecule has 0 spiro atoms. The highest BCUT2D eigenvalue weighted by atomic mass is 16.5. The van der Waals surface area contributed by atoms with Gasteiger partial charge in [0.05, 0.1) is 31.8 Å². The van der Waals surface area contributed by atoms with Crippen LogP contribution in [-0.2, 0) is 36.9 Å². The van der Waals surface area contributed by atoms with Gasteiger partial charge >= 0.3 is 0 Å². The highest BCUT2D eigenvalue weighted by Gasteiger charge is 2.42. The Bertz CT molecular complexity index is 1150. The molecule has 3 heterocycles. The van der Waals surface area contributed by atoms with Gasteiger partial charge in [0.15, 0.2) is 0 Å². The molecule has 2 aliphatic heterocycles. The number of ether oxygens (including phenoxy) is 1. The largest absolute Gasteiger partial charge is 0.384 e. The summed E-state index contributed by atoms with van der Waals surface area (Å²) >= 11 is 0. The van der Waals surface area contributed by atoms with Crippen LogP contribution in [0.15, 0.2) is 36.5 Å². The molecule has 0 unspecified atom stereocenters.